The topological polar surface area (TPSA) is 18.5 Å². The number of hydrogen-bond acceptors (Lipinski definition) is 2. The largest absolute Gasteiger partial charge is 0.347 e. The third-order valence-electron chi connectivity index (χ3n) is 1.93. The minimum absolute atomic E-state index is 0.0214. The molecule has 0 aromatic carbocycles. The average Bonchev–Trinajstić information content (AvgIpc) is 2.40. The van der Waals surface area contributed by atoms with E-state index in [2.05, 4.69) is 18.8 Å². The molecule has 0 aromatic rings. The van der Waals surface area contributed by atoms with E-state index in [9.17, 15) is 0 Å². The first-order valence-electron chi connectivity index (χ1n) is 4.94. The van der Waals surface area contributed by atoms with Crippen molar-refractivity contribution in [2.24, 2.45) is 0 Å². The van der Waals surface area contributed by atoms with Crippen LogP contribution in [0.3, 0.4) is 0 Å². The summed E-state index contributed by atoms with van der Waals surface area (Å²) in [4.78, 5) is 0. The molecule has 2 nitrogen and oxygen atoms in total. The maximum absolute atomic E-state index is 5.53. The summed E-state index contributed by atoms with van der Waals surface area (Å²) in [6.07, 6.45) is 3.31. The standard InChI is InChI=1S/C11H18O2/c1-4-5-6-7-8-10-9-12-11(2,3)13-10/h10H,4-6,9H2,1-3H3/t10-/m0/s1. The maximum Gasteiger partial charge on any atom is 0.164 e. The molecule has 0 saturated carbocycles. The fourth-order valence-electron chi connectivity index (χ4n) is 1.21. The molecule has 1 aliphatic rings. The summed E-state index contributed by atoms with van der Waals surface area (Å²) in [7, 11) is 0. The van der Waals surface area contributed by atoms with E-state index in [1.807, 2.05) is 13.8 Å². The Hall–Kier alpha value is -0.520. The molecule has 74 valence electrons. The van der Waals surface area contributed by atoms with Crippen LogP contribution in [0.1, 0.15) is 40.0 Å². The molecule has 1 saturated heterocycles. The van der Waals surface area contributed by atoms with E-state index < -0.39 is 5.79 Å². The van der Waals surface area contributed by atoms with Gasteiger partial charge in [-0.1, -0.05) is 19.3 Å². The number of hydrogen-bond donors (Lipinski definition) is 0. The molecular weight excluding hydrogens is 164 g/mol. The highest BCUT2D eigenvalue weighted by Crippen LogP contribution is 2.21. The van der Waals surface area contributed by atoms with E-state index in [4.69, 9.17) is 9.47 Å². The molecule has 1 atom stereocenters. The Labute approximate surface area is 80.6 Å². The Bertz CT molecular complexity index is 210. The molecule has 0 amide bonds. The van der Waals surface area contributed by atoms with Crippen LogP contribution >= 0.6 is 0 Å². The van der Waals surface area contributed by atoms with E-state index in [1.165, 1.54) is 12.8 Å². The molecule has 1 fully saturated rings. The first-order valence-corrected chi connectivity index (χ1v) is 4.94. The van der Waals surface area contributed by atoms with Gasteiger partial charge in [-0.15, -0.1) is 5.92 Å². The zero-order valence-electron chi connectivity index (χ0n) is 8.72. The van der Waals surface area contributed by atoms with Gasteiger partial charge in [-0.3, -0.25) is 0 Å². The Morgan fingerprint density at radius 3 is 2.77 bits per heavy atom. The first kappa shape index (κ1) is 10.6. The third-order valence-corrected chi connectivity index (χ3v) is 1.93. The lowest BCUT2D eigenvalue weighted by molar-refractivity contribution is -0.132. The lowest BCUT2D eigenvalue weighted by atomic mass is 10.2. The van der Waals surface area contributed by atoms with Gasteiger partial charge in [0.25, 0.3) is 0 Å². The van der Waals surface area contributed by atoms with Gasteiger partial charge in [-0.25, -0.2) is 0 Å². The van der Waals surface area contributed by atoms with Crippen molar-refractivity contribution in [3.8, 4) is 11.8 Å². The lowest BCUT2D eigenvalue weighted by Crippen LogP contribution is -2.20. The second-order valence-corrected chi connectivity index (χ2v) is 3.74. The molecule has 0 bridgehead atoms. The quantitative estimate of drug-likeness (QED) is 0.482. The molecule has 0 spiro atoms. The van der Waals surface area contributed by atoms with Crippen molar-refractivity contribution in [1.29, 1.82) is 0 Å². The minimum atomic E-state index is -0.440. The molecule has 1 heterocycles. The van der Waals surface area contributed by atoms with Crippen LogP contribution in [-0.4, -0.2) is 18.5 Å². The zero-order valence-corrected chi connectivity index (χ0v) is 8.72. The van der Waals surface area contributed by atoms with Gasteiger partial charge in [0.1, 0.15) is 6.10 Å². The molecule has 13 heavy (non-hydrogen) atoms. The van der Waals surface area contributed by atoms with Crippen LogP contribution in [0.25, 0.3) is 0 Å². The summed E-state index contributed by atoms with van der Waals surface area (Å²) < 4.78 is 10.9. The summed E-state index contributed by atoms with van der Waals surface area (Å²) >= 11 is 0. The summed E-state index contributed by atoms with van der Waals surface area (Å²) in [5.74, 6) is 5.75. The Morgan fingerprint density at radius 2 is 2.23 bits per heavy atom. The molecule has 1 rings (SSSR count). The van der Waals surface area contributed by atoms with Crippen molar-refractivity contribution in [3.05, 3.63) is 0 Å². The van der Waals surface area contributed by atoms with Crippen LogP contribution in [0.15, 0.2) is 0 Å². The van der Waals surface area contributed by atoms with Gasteiger partial charge in [-0.2, -0.15) is 0 Å². The van der Waals surface area contributed by atoms with Gasteiger partial charge < -0.3 is 9.47 Å². The highest BCUT2D eigenvalue weighted by atomic mass is 16.7. The van der Waals surface area contributed by atoms with Gasteiger partial charge in [0, 0.05) is 6.42 Å². The molecule has 2 heteroatoms. The summed E-state index contributed by atoms with van der Waals surface area (Å²) in [6.45, 7) is 6.60. The number of rotatable bonds is 2. The second kappa shape index (κ2) is 4.64. The highest BCUT2D eigenvalue weighted by molar-refractivity contribution is 5.06. The molecular formula is C11H18O2. The first-order chi connectivity index (χ1) is 6.14. The molecule has 0 radical (unpaired) electrons. The van der Waals surface area contributed by atoms with Crippen LogP contribution in [-0.2, 0) is 9.47 Å². The van der Waals surface area contributed by atoms with E-state index in [1.54, 1.807) is 0 Å². The molecule has 0 unspecified atom stereocenters. The summed E-state index contributed by atoms with van der Waals surface area (Å²) in [5.41, 5.74) is 0. The van der Waals surface area contributed by atoms with Crippen LogP contribution in [0.4, 0.5) is 0 Å². The third kappa shape index (κ3) is 3.80. The van der Waals surface area contributed by atoms with Crippen molar-refractivity contribution in [2.75, 3.05) is 6.61 Å². The summed E-state index contributed by atoms with van der Waals surface area (Å²) in [6, 6.07) is 0. The van der Waals surface area contributed by atoms with Crippen LogP contribution < -0.4 is 0 Å². The van der Waals surface area contributed by atoms with Crippen molar-refractivity contribution in [2.45, 2.75) is 51.9 Å². The fraction of sp³-hybridized carbons (Fsp3) is 0.818. The van der Waals surface area contributed by atoms with Crippen LogP contribution in [0.5, 0.6) is 0 Å². The number of unbranched alkanes of at least 4 members (excludes halogenated alkanes) is 2. The van der Waals surface area contributed by atoms with E-state index >= 15 is 0 Å². The average molecular weight is 182 g/mol. The number of ether oxygens (including phenoxy) is 2. The Morgan fingerprint density at radius 1 is 1.46 bits per heavy atom. The molecule has 0 N–H and O–H groups in total. The minimum Gasteiger partial charge on any atom is -0.347 e. The van der Waals surface area contributed by atoms with Crippen LogP contribution in [0.2, 0.25) is 0 Å². The van der Waals surface area contributed by atoms with Crippen molar-refractivity contribution in [3.63, 3.8) is 0 Å². The van der Waals surface area contributed by atoms with Gasteiger partial charge in [0.2, 0.25) is 0 Å². The molecule has 1 aliphatic heterocycles. The van der Waals surface area contributed by atoms with Crippen molar-refractivity contribution < 1.29 is 9.47 Å². The lowest BCUT2D eigenvalue weighted by Gasteiger charge is -2.14. The van der Waals surface area contributed by atoms with E-state index in [-0.39, 0.29) is 6.10 Å². The Kier molecular flexibility index (Phi) is 3.77. The Balaban J connectivity index is 2.26. The summed E-state index contributed by atoms with van der Waals surface area (Å²) in [5, 5.41) is 0. The van der Waals surface area contributed by atoms with Gasteiger partial charge in [0.15, 0.2) is 5.79 Å². The van der Waals surface area contributed by atoms with Crippen molar-refractivity contribution in [1.82, 2.24) is 0 Å². The normalized spacial score (nSPS) is 25.3. The van der Waals surface area contributed by atoms with Gasteiger partial charge >= 0.3 is 0 Å². The van der Waals surface area contributed by atoms with Crippen LogP contribution in [0, 0.1) is 11.8 Å². The SMILES string of the molecule is CCCCC#C[C@H]1COC(C)(C)O1. The monoisotopic (exact) mass is 182 g/mol. The maximum atomic E-state index is 5.53. The predicted octanol–water partition coefficient (Wildman–Crippen LogP) is 2.33. The fourth-order valence-corrected chi connectivity index (χ4v) is 1.21. The smallest absolute Gasteiger partial charge is 0.164 e. The molecule has 0 aliphatic carbocycles. The predicted molar refractivity (Wildman–Crippen MR) is 52.2 cm³/mol. The van der Waals surface area contributed by atoms with E-state index in [0.29, 0.717) is 6.61 Å². The van der Waals surface area contributed by atoms with Gasteiger partial charge in [0.05, 0.1) is 6.61 Å². The van der Waals surface area contributed by atoms with Gasteiger partial charge in [-0.05, 0) is 20.3 Å². The second-order valence-electron chi connectivity index (χ2n) is 3.74. The van der Waals surface area contributed by atoms with E-state index in [0.717, 1.165) is 6.42 Å². The van der Waals surface area contributed by atoms with Crippen molar-refractivity contribution >= 4 is 0 Å². The highest BCUT2D eigenvalue weighted by Gasteiger charge is 2.31. The molecule has 0 aromatic heterocycles. The zero-order chi connectivity index (χ0) is 9.73.